The fourth-order valence-corrected chi connectivity index (χ4v) is 2.26. The number of carbonyl (C=O) groups excluding carboxylic acids is 1. The zero-order chi connectivity index (χ0) is 14.6. The molecule has 5 heteroatoms. The molecule has 0 aromatic heterocycles. The molecule has 0 fully saturated rings. The standard InChI is InChI=1S/C15H15F3O2/c16-15(17,18)20-13-10-6-5-9-12(13)14(19)11-7-3-1-2-4-8-11/h5-7,9-10H,1-4,8H2. The molecule has 1 aromatic carbocycles. The molecule has 0 amide bonds. The minimum Gasteiger partial charge on any atom is -0.405 e. The van der Waals surface area contributed by atoms with E-state index in [9.17, 15) is 18.0 Å². The Morgan fingerprint density at radius 1 is 1.10 bits per heavy atom. The van der Waals surface area contributed by atoms with E-state index in [-0.39, 0.29) is 11.3 Å². The van der Waals surface area contributed by atoms with Crippen LogP contribution >= 0.6 is 0 Å². The summed E-state index contributed by atoms with van der Waals surface area (Å²) in [6.07, 6.45) is 1.38. The number of carbonyl (C=O) groups is 1. The minimum atomic E-state index is -4.80. The number of hydrogen-bond donors (Lipinski definition) is 0. The van der Waals surface area contributed by atoms with Gasteiger partial charge in [-0.3, -0.25) is 4.79 Å². The maximum absolute atomic E-state index is 12.3. The van der Waals surface area contributed by atoms with Crippen LogP contribution in [0.15, 0.2) is 35.9 Å². The quantitative estimate of drug-likeness (QED) is 0.755. The van der Waals surface area contributed by atoms with Gasteiger partial charge in [0.25, 0.3) is 0 Å². The summed E-state index contributed by atoms with van der Waals surface area (Å²) < 4.78 is 41.0. The monoisotopic (exact) mass is 284 g/mol. The first-order valence-corrected chi connectivity index (χ1v) is 6.56. The van der Waals surface area contributed by atoms with Gasteiger partial charge in [0, 0.05) is 0 Å². The van der Waals surface area contributed by atoms with Crippen LogP contribution in [0.4, 0.5) is 13.2 Å². The van der Waals surface area contributed by atoms with Gasteiger partial charge in [0.05, 0.1) is 5.56 Å². The van der Waals surface area contributed by atoms with Gasteiger partial charge in [0.2, 0.25) is 0 Å². The Balaban J connectivity index is 2.27. The van der Waals surface area contributed by atoms with Crippen molar-refractivity contribution >= 4 is 5.78 Å². The van der Waals surface area contributed by atoms with Crippen molar-refractivity contribution in [2.75, 3.05) is 0 Å². The van der Waals surface area contributed by atoms with E-state index in [1.54, 1.807) is 0 Å². The second kappa shape index (κ2) is 6.11. The summed E-state index contributed by atoms with van der Waals surface area (Å²) in [5.41, 5.74) is 0.554. The highest BCUT2D eigenvalue weighted by Crippen LogP contribution is 2.29. The summed E-state index contributed by atoms with van der Waals surface area (Å²) in [7, 11) is 0. The number of para-hydroxylation sites is 1. The van der Waals surface area contributed by atoms with Gasteiger partial charge in [-0.05, 0) is 43.4 Å². The third-order valence-electron chi connectivity index (χ3n) is 3.19. The average Bonchev–Trinajstić information content (AvgIpc) is 2.65. The Bertz CT molecular complexity index is 518. The third kappa shape index (κ3) is 3.85. The van der Waals surface area contributed by atoms with Gasteiger partial charge in [0.15, 0.2) is 5.78 Å². The topological polar surface area (TPSA) is 26.3 Å². The van der Waals surface area contributed by atoms with Gasteiger partial charge in [0.1, 0.15) is 5.75 Å². The van der Waals surface area contributed by atoms with Crippen LogP contribution in [-0.4, -0.2) is 12.1 Å². The molecule has 2 nitrogen and oxygen atoms in total. The lowest BCUT2D eigenvalue weighted by atomic mass is 9.99. The lowest BCUT2D eigenvalue weighted by molar-refractivity contribution is -0.274. The van der Waals surface area contributed by atoms with E-state index >= 15 is 0 Å². The third-order valence-corrected chi connectivity index (χ3v) is 3.19. The maximum atomic E-state index is 12.3. The molecule has 2 rings (SSSR count). The van der Waals surface area contributed by atoms with E-state index in [2.05, 4.69) is 4.74 Å². The van der Waals surface area contributed by atoms with Crippen LogP contribution in [0.2, 0.25) is 0 Å². The molecule has 1 aromatic rings. The highest BCUT2D eigenvalue weighted by molar-refractivity contribution is 6.10. The van der Waals surface area contributed by atoms with E-state index in [4.69, 9.17) is 0 Å². The Labute approximate surface area is 115 Å². The molecule has 0 spiro atoms. The summed E-state index contributed by atoms with van der Waals surface area (Å²) >= 11 is 0. The van der Waals surface area contributed by atoms with Gasteiger partial charge in [-0.15, -0.1) is 13.2 Å². The Morgan fingerprint density at radius 3 is 2.60 bits per heavy atom. The molecular formula is C15H15F3O2. The van der Waals surface area contributed by atoms with Crippen molar-refractivity contribution in [3.05, 3.63) is 41.5 Å². The molecule has 0 saturated heterocycles. The van der Waals surface area contributed by atoms with Crippen molar-refractivity contribution in [1.29, 1.82) is 0 Å². The zero-order valence-electron chi connectivity index (χ0n) is 10.9. The molecule has 0 aliphatic heterocycles. The molecule has 20 heavy (non-hydrogen) atoms. The lowest BCUT2D eigenvalue weighted by Gasteiger charge is -2.13. The number of ether oxygens (including phenoxy) is 1. The minimum absolute atomic E-state index is 0.0297. The first-order chi connectivity index (χ1) is 9.47. The SMILES string of the molecule is O=C(C1=CCCCCC1)c1ccccc1OC(F)(F)F. The van der Waals surface area contributed by atoms with Crippen molar-refractivity contribution in [3.63, 3.8) is 0 Å². The first kappa shape index (κ1) is 14.6. The van der Waals surface area contributed by atoms with Gasteiger partial charge in [-0.1, -0.05) is 24.6 Å². The number of alkyl halides is 3. The zero-order valence-corrected chi connectivity index (χ0v) is 10.9. The number of ketones is 1. The normalized spacial score (nSPS) is 16.2. The van der Waals surface area contributed by atoms with E-state index < -0.39 is 12.1 Å². The van der Waals surface area contributed by atoms with Crippen LogP contribution in [0, 0.1) is 0 Å². The summed E-state index contributed by atoms with van der Waals surface area (Å²) in [5, 5.41) is 0. The highest BCUT2D eigenvalue weighted by atomic mass is 19.4. The summed E-state index contributed by atoms with van der Waals surface area (Å²) in [6, 6.07) is 5.49. The van der Waals surface area contributed by atoms with Crippen LogP contribution in [0.3, 0.4) is 0 Å². The van der Waals surface area contributed by atoms with E-state index in [0.29, 0.717) is 12.0 Å². The number of Topliss-reactive ketones (excluding diaryl/α,β-unsaturated/α-hetero) is 1. The molecular weight excluding hydrogens is 269 g/mol. The predicted molar refractivity (Wildman–Crippen MR) is 68.6 cm³/mol. The van der Waals surface area contributed by atoms with Crippen molar-refractivity contribution in [2.24, 2.45) is 0 Å². The van der Waals surface area contributed by atoms with Gasteiger partial charge < -0.3 is 4.74 Å². The highest BCUT2D eigenvalue weighted by Gasteiger charge is 2.33. The smallest absolute Gasteiger partial charge is 0.405 e. The number of benzene rings is 1. The van der Waals surface area contributed by atoms with Crippen LogP contribution in [0.5, 0.6) is 5.75 Å². The number of hydrogen-bond acceptors (Lipinski definition) is 2. The largest absolute Gasteiger partial charge is 0.573 e. The number of allylic oxidation sites excluding steroid dienone is 2. The maximum Gasteiger partial charge on any atom is 0.573 e. The van der Waals surface area contributed by atoms with Gasteiger partial charge in [-0.2, -0.15) is 0 Å². The molecule has 108 valence electrons. The molecule has 0 N–H and O–H groups in total. The summed E-state index contributed by atoms with van der Waals surface area (Å²) in [5.74, 6) is -0.804. The molecule has 0 atom stereocenters. The Kier molecular flexibility index (Phi) is 4.47. The fraction of sp³-hybridized carbons (Fsp3) is 0.400. The van der Waals surface area contributed by atoms with Gasteiger partial charge >= 0.3 is 6.36 Å². The molecule has 0 radical (unpaired) electrons. The van der Waals surface area contributed by atoms with E-state index in [1.807, 2.05) is 6.08 Å². The molecule has 0 unspecified atom stereocenters. The molecule has 0 bridgehead atoms. The molecule has 1 aliphatic rings. The summed E-state index contributed by atoms with van der Waals surface area (Å²) in [6.45, 7) is 0. The van der Waals surface area contributed by atoms with Crippen LogP contribution in [-0.2, 0) is 0 Å². The van der Waals surface area contributed by atoms with Crippen molar-refractivity contribution in [2.45, 2.75) is 38.5 Å². The van der Waals surface area contributed by atoms with Crippen LogP contribution < -0.4 is 4.74 Å². The lowest BCUT2D eigenvalue weighted by Crippen LogP contribution is -2.19. The van der Waals surface area contributed by atoms with Crippen molar-refractivity contribution in [1.82, 2.24) is 0 Å². The van der Waals surface area contributed by atoms with Crippen LogP contribution in [0.1, 0.15) is 42.5 Å². The van der Waals surface area contributed by atoms with Gasteiger partial charge in [-0.25, -0.2) is 0 Å². The molecule has 1 aliphatic carbocycles. The van der Waals surface area contributed by atoms with Crippen molar-refractivity contribution in [3.8, 4) is 5.75 Å². The summed E-state index contributed by atoms with van der Waals surface area (Å²) in [4.78, 5) is 12.3. The second-order valence-electron chi connectivity index (χ2n) is 4.70. The Hall–Kier alpha value is -1.78. The molecule has 0 saturated carbocycles. The Morgan fingerprint density at radius 2 is 1.85 bits per heavy atom. The average molecular weight is 284 g/mol. The predicted octanol–water partition coefficient (Wildman–Crippen LogP) is 4.66. The van der Waals surface area contributed by atoms with E-state index in [0.717, 1.165) is 31.7 Å². The number of halogens is 3. The molecule has 0 heterocycles. The fourth-order valence-electron chi connectivity index (χ4n) is 2.26. The first-order valence-electron chi connectivity index (χ1n) is 6.56. The second-order valence-corrected chi connectivity index (χ2v) is 4.70. The van der Waals surface area contributed by atoms with E-state index in [1.165, 1.54) is 18.2 Å². The van der Waals surface area contributed by atoms with Crippen LogP contribution in [0.25, 0.3) is 0 Å². The van der Waals surface area contributed by atoms with Crippen molar-refractivity contribution < 1.29 is 22.7 Å². The number of rotatable bonds is 3.